The molecule has 4 heteroatoms. The molecule has 0 bridgehead atoms. The molecule has 2 unspecified atom stereocenters. The highest BCUT2D eigenvalue weighted by Gasteiger charge is 2.24. The standard InChI is InChI=1S/C11H22N2OS/c1-2-3-4-10(7-12)13-11(14)9-5-6-15-8-9/h9-10H,2-8,12H2,1H3,(H,13,14). The van der Waals surface area contributed by atoms with Crippen molar-refractivity contribution in [3.05, 3.63) is 0 Å². The third-order valence-corrected chi connectivity index (χ3v) is 4.00. The fraction of sp³-hybridized carbons (Fsp3) is 0.909. The molecule has 0 aromatic rings. The molecule has 2 atom stereocenters. The van der Waals surface area contributed by atoms with Gasteiger partial charge in [0.15, 0.2) is 0 Å². The minimum atomic E-state index is 0.183. The maximum absolute atomic E-state index is 11.8. The number of thioether (sulfide) groups is 1. The van der Waals surface area contributed by atoms with Crippen LogP contribution in [0.2, 0.25) is 0 Å². The van der Waals surface area contributed by atoms with Crippen molar-refractivity contribution >= 4 is 17.7 Å². The van der Waals surface area contributed by atoms with E-state index in [2.05, 4.69) is 12.2 Å². The molecule has 1 saturated heterocycles. The second-order valence-electron chi connectivity index (χ2n) is 4.14. The van der Waals surface area contributed by atoms with E-state index in [0.717, 1.165) is 37.2 Å². The minimum Gasteiger partial charge on any atom is -0.352 e. The molecule has 0 saturated carbocycles. The fourth-order valence-electron chi connectivity index (χ4n) is 1.76. The lowest BCUT2D eigenvalue weighted by Gasteiger charge is -2.18. The van der Waals surface area contributed by atoms with Crippen LogP contribution in [0.5, 0.6) is 0 Å². The van der Waals surface area contributed by atoms with Gasteiger partial charge in [-0.25, -0.2) is 0 Å². The average Bonchev–Trinajstić information content (AvgIpc) is 2.77. The third kappa shape index (κ3) is 4.43. The molecule has 1 amide bonds. The lowest BCUT2D eigenvalue weighted by Crippen LogP contribution is -2.43. The van der Waals surface area contributed by atoms with Gasteiger partial charge in [-0.2, -0.15) is 11.8 Å². The first-order valence-corrected chi connectivity index (χ1v) is 7.01. The summed E-state index contributed by atoms with van der Waals surface area (Å²) in [5.41, 5.74) is 5.64. The zero-order valence-corrected chi connectivity index (χ0v) is 10.3. The monoisotopic (exact) mass is 230 g/mol. The zero-order chi connectivity index (χ0) is 11.1. The molecule has 3 nitrogen and oxygen atoms in total. The highest BCUT2D eigenvalue weighted by Crippen LogP contribution is 2.23. The summed E-state index contributed by atoms with van der Waals surface area (Å²) in [6.45, 7) is 2.72. The Morgan fingerprint density at radius 3 is 3.00 bits per heavy atom. The molecule has 0 spiro atoms. The normalized spacial score (nSPS) is 22.7. The van der Waals surface area contributed by atoms with Gasteiger partial charge in [0.1, 0.15) is 0 Å². The first kappa shape index (κ1) is 12.8. The molecule has 1 fully saturated rings. The van der Waals surface area contributed by atoms with Crippen LogP contribution in [0, 0.1) is 5.92 Å². The van der Waals surface area contributed by atoms with E-state index in [9.17, 15) is 4.79 Å². The maximum Gasteiger partial charge on any atom is 0.224 e. The number of nitrogens with two attached hydrogens (primary N) is 1. The molecule has 0 aromatic heterocycles. The number of carbonyl (C=O) groups is 1. The number of nitrogens with one attached hydrogen (secondary N) is 1. The van der Waals surface area contributed by atoms with E-state index in [1.54, 1.807) is 0 Å². The van der Waals surface area contributed by atoms with Crippen LogP contribution in [0.3, 0.4) is 0 Å². The first-order chi connectivity index (χ1) is 7.27. The van der Waals surface area contributed by atoms with Gasteiger partial charge in [0.2, 0.25) is 5.91 Å². The summed E-state index contributed by atoms with van der Waals surface area (Å²) in [6, 6.07) is 0.183. The SMILES string of the molecule is CCCCC(CN)NC(=O)C1CCSC1. The molecule has 1 heterocycles. The van der Waals surface area contributed by atoms with Crippen LogP contribution in [0.25, 0.3) is 0 Å². The second-order valence-corrected chi connectivity index (χ2v) is 5.29. The number of amides is 1. The number of hydrogen-bond acceptors (Lipinski definition) is 3. The topological polar surface area (TPSA) is 55.1 Å². The Balaban J connectivity index is 2.26. The van der Waals surface area contributed by atoms with Crippen molar-refractivity contribution in [2.75, 3.05) is 18.1 Å². The van der Waals surface area contributed by atoms with E-state index in [4.69, 9.17) is 5.73 Å². The van der Waals surface area contributed by atoms with E-state index < -0.39 is 0 Å². The first-order valence-electron chi connectivity index (χ1n) is 5.86. The van der Waals surface area contributed by atoms with Crippen molar-refractivity contribution in [2.45, 2.75) is 38.6 Å². The Kier molecular flexibility index (Phi) is 6.10. The van der Waals surface area contributed by atoms with Gasteiger partial charge in [0.05, 0.1) is 0 Å². The Labute approximate surface area is 96.6 Å². The Bertz CT molecular complexity index is 193. The van der Waals surface area contributed by atoms with Crippen molar-refractivity contribution in [2.24, 2.45) is 11.7 Å². The predicted octanol–water partition coefficient (Wildman–Crippen LogP) is 1.37. The van der Waals surface area contributed by atoms with Crippen molar-refractivity contribution in [1.82, 2.24) is 5.32 Å². The van der Waals surface area contributed by atoms with Crippen molar-refractivity contribution in [1.29, 1.82) is 0 Å². The molecule has 15 heavy (non-hydrogen) atoms. The van der Waals surface area contributed by atoms with E-state index >= 15 is 0 Å². The van der Waals surface area contributed by atoms with Crippen molar-refractivity contribution in [3.63, 3.8) is 0 Å². The van der Waals surface area contributed by atoms with Gasteiger partial charge in [-0.05, 0) is 18.6 Å². The Morgan fingerprint density at radius 1 is 1.67 bits per heavy atom. The smallest absolute Gasteiger partial charge is 0.224 e. The zero-order valence-electron chi connectivity index (χ0n) is 9.50. The van der Waals surface area contributed by atoms with Crippen LogP contribution in [0.15, 0.2) is 0 Å². The van der Waals surface area contributed by atoms with Crippen molar-refractivity contribution < 1.29 is 4.79 Å². The predicted molar refractivity (Wildman–Crippen MR) is 65.9 cm³/mol. The number of unbranched alkanes of at least 4 members (excludes halogenated alkanes) is 1. The van der Waals surface area contributed by atoms with E-state index in [1.165, 1.54) is 0 Å². The third-order valence-electron chi connectivity index (χ3n) is 2.84. The summed E-state index contributed by atoms with van der Waals surface area (Å²) in [5, 5.41) is 3.07. The fourth-order valence-corrected chi connectivity index (χ4v) is 2.98. The molecule has 0 aliphatic carbocycles. The highest BCUT2D eigenvalue weighted by atomic mass is 32.2. The van der Waals surface area contributed by atoms with Gasteiger partial charge >= 0.3 is 0 Å². The van der Waals surface area contributed by atoms with Crippen LogP contribution < -0.4 is 11.1 Å². The summed E-state index contributed by atoms with van der Waals surface area (Å²) in [6.07, 6.45) is 4.34. The summed E-state index contributed by atoms with van der Waals surface area (Å²) in [4.78, 5) is 11.8. The van der Waals surface area contributed by atoms with Crippen LogP contribution in [-0.4, -0.2) is 30.0 Å². The molecule has 0 aromatic carbocycles. The lowest BCUT2D eigenvalue weighted by molar-refractivity contribution is -0.124. The quantitative estimate of drug-likeness (QED) is 0.724. The largest absolute Gasteiger partial charge is 0.352 e. The van der Waals surface area contributed by atoms with E-state index in [0.29, 0.717) is 6.54 Å². The van der Waals surface area contributed by atoms with Gasteiger partial charge in [0.25, 0.3) is 0 Å². The number of rotatable bonds is 6. The van der Waals surface area contributed by atoms with Crippen molar-refractivity contribution in [3.8, 4) is 0 Å². The summed E-state index contributed by atoms with van der Waals surface area (Å²) in [7, 11) is 0. The van der Waals surface area contributed by atoms with E-state index in [1.807, 2.05) is 11.8 Å². The number of carbonyl (C=O) groups excluding carboxylic acids is 1. The maximum atomic E-state index is 11.8. The number of hydrogen-bond donors (Lipinski definition) is 2. The Hall–Kier alpha value is -0.220. The molecule has 3 N–H and O–H groups in total. The lowest BCUT2D eigenvalue weighted by atomic mass is 10.1. The van der Waals surface area contributed by atoms with Gasteiger partial charge in [0, 0.05) is 24.3 Å². The molecule has 88 valence electrons. The summed E-state index contributed by atoms with van der Waals surface area (Å²) < 4.78 is 0. The average molecular weight is 230 g/mol. The summed E-state index contributed by atoms with van der Waals surface area (Å²) in [5.74, 6) is 2.55. The van der Waals surface area contributed by atoms with Gasteiger partial charge in [-0.15, -0.1) is 0 Å². The van der Waals surface area contributed by atoms with Crippen LogP contribution in [0.4, 0.5) is 0 Å². The molecule has 1 rings (SSSR count). The minimum absolute atomic E-state index is 0.183. The van der Waals surface area contributed by atoms with Crippen LogP contribution in [-0.2, 0) is 4.79 Å². The van der Waals surface area contributed by atoms with Gasteiger partial charge < -0.3 is 11.1 Å². The van der Waals surface area contributed by atoms with Gasteiger partial charge in [-0.1, -0.05) is 19.8 Å². The second kappa shape index (κ2) is 7.12. The molecule has 0 radical (unpaired) electrons. The van der Waals surface area contributed by atoms with Crippen LogP contribution in [0.1, 0.15) is 32.6 Å². The Morgan fingerprint density at radius 2 is 2.47 bits per heavy atom. The van der Waals surface area contributed by atoms with Gasteiger partial charge in [-0.3, -0.25) is 4.79 Å². The molecule has 1 aliphatic rings. The molecular formula is C11H22N2OS. The highest BCUT2D eigenvalue weighted by molar-refractivity contribution is 7.99. The molecular weight excluding hydrogens is 208 g/mol. The molecule has 1 aliphatic heterocycles. The summed E-state index contributed by atoms with van der Waals surface area (Å²) >= 11 is 1.87. The van der Waals surface area contributed by atoms with E-state index in [-0.39, 0.29) is 17.9 Å². The van der Waals surface area contributed by atoms with Crippen LogP contribution >= 0.6 is 11.8 Å².